The molecular weight excluding hydrogens is 216 g/mol. The van der Waals surface area contributed by atoms with Crippen LogP contribution in [0, 0.1) is 5.92 Å². The van der Waals surface area contributed by atoms with Crippen LogP contribution in [0.1, 0.15) is 33.6 Å². The van der Waals surface area contributed by atoms with Crippen molar-refractivity contribution < 1.29 is 0 Å². The Labute approximate surface area is 106 Å². The molecule has 2 nitrogen and oxygen atoms in total. The highest BCUT2D eigenvalue weighted by molar-refractivity contribution is 7.98. The summed E-state index contributed by atoms with van der Waals surface area (Å²) >= 11 is 1.97. The lowest BCUT2D eigenvalue weighted by atomic mass is 10.0. The van der Waals surface area contributed by atoms with Gasteiger partial charge in [0.1, 0.15) is 0 Å². The SMILES string of the molecule is CCC1CN(CC(C)CSC)C(CC)CN1. The summed E-state index contributed by atoms with van der Waals surface area (Å²) in [5.41, 5.74) is 0. The fraction of sp³-hybridized carbons (Fsp3) is 1.00. The predicted molar refractivity (Wildman–Crippen MR) is 75.3 cm³/mol. The van der Waals surface area contributed by atoms with Crippen LogP contribution in [0.5, 0.6) is 0 Å². The van der Waals surface area contributed by atoms with Gasteiger partial charge < -0.3 is 5.32 Å². The van der Waals surface area contributed by atoms with E-state index in [2.05, 4.69) is 37.2 Å². The van der Waals surface area contributed by atoms with E-state index in [1.165, 1.54) is 38.2 Å². The molecule has 0 amide bonds. The summed E-state index contributed by atoms with van der Waals surface area (Å²) in [6, 6.07) is 1.47. The molecule has 0 bridgehead atoms. The second kappa shape index (κ2) is 7.57. The second-order valence-corrected chi connectivity index (χ2v) is 6.00. The topological polar surface area (TPSA) is 15.3 Å². The third kappa shape index (κ3) is 4.27. The Balaban J connectivity index is 2.44. The van der Waals surface area contributed by atoms with Crippen LogP contribution in [0.4, 0.5) is 0 Å². The first-order valence-electron chi connectivity index (χ1n) is 6.67. The van der Waals surface area contributed by atoms with Crippen molar-refractivity contribution in [3.05, 3.63) is 0 Å². The lowest BCUT2D eigenvalue weighted by Crippen LogP contribution is -2.57. The van der Waals surface area contributed by atoms with Gasteiger partial charge in [0, 0.05) is 31.7 Å². The van der Waals surface area contributed by atoms with Gasteiger partial charge in [0.05, 0.1) is 0 Å². The highest BCUT2D eigenvalue weighted by atomic mass is 32.2. The molecule has 3 atom stereocenters. The Kier molecular flexibility index (Phi) is 6.78. The zero-order chi connectivity index (χ0) is 12.0. The van der Waals surface area contributed by atoms with Crippen LogP contribution in [0.2, 0.25) is 0 Å². The number of nitrogens with zero attached hydrogens (tertiary/aromatic N) is 1. The van der Waals surface area contributed by atoms with E-state index in [0.29, 0.717) is 6.04 Å². The minimum atomic E-state index is 0.712. The van der Waals surface area contributed by atoms with Crippen molar-refractivity contribution in [2.75, 3.05) is 31.6 Å². The van der Waals surface area contributed by atoms with Gasteiger partial charge in [-0.3, -0.25) is 4.90 Å². The monoisotopic (exact) mass is 244 g/mol. The lowest BCUT2D eigenvalue weighted by Gasteiger charge is -2.41. The molecule has 0 radical (unpaired) electrons. The van der Waals surface area contributed by atoms with Crippen LogP contribution >= 0.6 is 11.8 Å². The summed E-state index contributed by atoms with van der Waals surface area (Å²) in [5.74, 6) is 2.11. The van der Waals surface area contributed by atoms with Crippen LogP contribution in [-0.2, 0) is 0 Å². The molecule has 3 unspecified atom stereocenters. The Morgan fingerprint density at radius 1 is 1.38 bits per heavy atom. The van der Waals surface area contributed by atoms with E-state index in [9.17, 15) is 0 Å². The summed E-state index contributed by atoms with van der Waals surface area (Å²) in [6.07, 6.45) is 4.74. The van der Waals surface area contributed by atoms with Crippen molar-refractivity contribution in [1.29, 1.82) is 0 Å². The maximum atomic E-state index is 3.66. The molecule has 1 aliphatic heterocycles. The van der Waals surface area contributed by atoms with Gasteiger partial charge in [-0.15, -0.1) is 0 Å². The quantitative estimate of drug-likeness (QED) is 0.772. The van der Waals surface area contributed by atoms with Gasteiger partial charge in [0.15, 0.2) is 0 Å². The molecule has 1 rings (SSSR count). The molecule has 1 saturated heterocycles. The summed E-state index contributed by atoms with van der Waals surface area (Å²) < 4.78 is 0. The van der Waals surface area contributed by atoms with Crippen molar-refractivity contribution in [3.63, 3.8) is 0 Å². The van der Waals surface area contributed by atoms with Gasteiger partial charge in [0.25, 0.3) is 0 Å². The highest BCUT2D eigenvalue weighted by Gasteiger charge is 2.26. The van der Waals surface area contributed by atoms with Gasteiger partial charge >= 0.3 is 0 Å². The Hall–Kier alpha value is 0.270. The van der Waals surface area contributed by atoms with E-state index < -0.39 is 0 Å². The van der Waals surface area contributed by atoms with E-state index in [4.69, 9.17) is 0 Å². The number of hydrogen-bond donors (Lipinski definition) is 1. The molecule has 3 heteroatoms. The number of piperazine rings is 1. The molecule has 0 saturated carbocycles. The molecule has 0 aromatic heterocycles. The molecule has 1 aliphatic rings. The van der Waals surface area contributed by atoms with Crippen LogP contribution in [0.15, 0.2) is 0 Å². The van der Waals surface area contributed by atoms with Crippen molar-refractivity contribution >= 4 is 11.8 Å². The molecule has 1 N–H and O–H groups in total. The molecule has 1 fully saturated rings. The standard InChI is InChI=1S/C13H28N2S/c1-5-12-9-15(8-11(3)10-16-4)13(6-2)7-14-12/h11-14H,5-10H2,1-4H3. The number of hydrogen-bond acceptors (Lipinski definition) is 3. The van der Waals surface area contributed by atoms with Crippen molar-refractivity contribution in [1.82, 2.24) is 10.2 Å². The normalized spacial score (nSPS) is 29.2. The molecule has 16 heavy (non-hydrogen) atoms. The van der Waals surface area contributed by atoms with E-state index >= 15 is 0 Å². The fourth-order valence-corrected chi connectivity index (χ4v) is 3.24. The Morgan fingerprint density at radius 3 is 2.69 bits per heavy atom. The smallest absolute Gasteiger partial charge is 0.0218 e. The van der Waals surface area contributed by atoms with E-state index in [-0.39, 0.29) is 0 Å². The van der Waals surface area contributed by atoms with Gasteiger partial charge in [0.2, 0.25) is 0 Å². The average molecular weight is 244 g/mol. The predicted octanol–water partition coefficient (Wildman–Crippen LogP) is 2.45. The summed E-state index contributed by atoms with van der Waals surface area (Å²) in [7, 11) is 0. The highest BCUT2D eigenvalue weighted by Crippen LogP contribution is 2.15. The van der Waals surface area contributed by atoms with Crippen molar-refractivity contribution in [2.24, 2.45) is 5.92 Å². The van der Waals surface area contributed by atoms with Crippen molar-refractivity contribution in [3.8, 4) is 0 Å². The first kappa shape index (κ1) is 14.3. The molecule has 1 heterocycles. The molecule has 0 aromatic rings. The molecule has 0 aromatic carbocycles. The number of nitrogens with one attached hydrogen (secondary N) is 1. The van der Waals surface area contributed by atoms with Crippen LogP contribution in [0.25, 0.3) is 0 Å². The summed E-state index contributed by atoms with van der Waals surface area (Å²) in [5, 5.41) is 3.66. The number of rotatable bonds is 6. The molecular formula is C13H28N2S. The maximum absolute atomic E-state index is 3.66. The van der Waals surface area contributed by atoms with Crippen LogP contribution in [0.3, 0.4) is 0 Å². The Bertz CT molecular complexity index is 187. The molecule has 96 valence electrons. The van der Waals surface area contributed by atoms with E-state index in [1.807, 2.05) is 11.8 Å². The Morgan fingerprint density at radius 2 is 2.12 bits per heavy atom. The lowest BCUT2D eigenvalue weighted by molar-refractivity contribution is 0.112. The first-order valence-corrected chi connectivity index (χ1v) is 8.06. The summed E-state index contributed by atoms with van der Waals surface area (Å²) in [6.45, 7) is 10.7. The van der Waals surface area contributed by atoms with Gasteiger partial charge in [-0.1, -0.05) is 20.8 Å². The van der Waals surface area contributed by atoms with Gasteiger partial charge in [-0.25, -0.2) is 0 Å². The zero-order valence-corrected chi connectivity index (χ0v) is 12.1. The second-order valence-electron chi connectivity index (χ2n) is 5.09. The van der Waals surface area contributed by atoms with Crippen LogP contribution in [-0.4, -0.2) is 48.6 Å². The number of thioether (sulfide) groups is 1. The largest absolute Gasteiger partial charge is 0.311 e. The van der Waals surface area contributed by atoms with Crippen molar-refractivity contribution in [2.45, 2.75) is 45.7 Å². The van der Waals surface area contributed by atoms with Crippen LogP contribution < -0.4 is 5.32 Å². The minimum absolute atomic E-state index is 0.712. The average Bonchev–Trinajstić information content (AvgIpc) is 2.29. The zero-order valence-electron chi connectivity index (χ0n) is 11.3. The first-order chi connectivity index (χ1) is 7.71. The third-order valence-corrected chi connectivity index (χ3v) is 4.48. The summed E-state index contributed by atoms with van der Waals surface area (Å²) in [4.78, 5) is 2.71. The van der Waals surface area contributed by atoms with E-state index in [0.717, 1.165) is 12.0 Å². The van der Waals surface area contributed by atoms with Gasteiger partial charge in [-0.2, -0.15) is 11.8 Å². The fourth-order valence-electron chi connectivity index (χ4n) is 2.57. The molecule has 0 aliphatic carbocycles. The maximum Gasteiger partial charge on any atom is 0.0218 e. The van der Waals surface area contributed by atoms with Gasteiger partial charge in [-0.05, 0) is 30.8 Å². The minimum Gasteiger partial charge on any atom is -0.311 e. The molecule has 0 spiro atoms. The third-order valence-electron chi connectivity index (χ3n) is 3.57. The van der Waals surface area contributed by atoms with E-state index in [1.54, 1.807) is 0 Å².